The van der Waals surface area contributed by atoms with Crippen molar-refractivity contribution in [3.63, 3.8) is 0 Å². The number of rotatable bonds is 4. The lowest BCUT2D eigenvalue weighted by Gasteiger charge is -2.33. The van der Waals surface area contributed by atoms with E-state index < -0.39 is 0 Å². The monoisotopic (exact) mass is 416 g/mol. The second-order valence-electron chi connectivity index (χ2n) is 5.92. The quantitative estimate of drug-likeness (QED) is 0.800. The zero-order chi connectivity index (χ0) is 15.4. The fourth-order valence-corrected chi connectivity index (χ4v) is 4.02. The van der Waals surface area contributed by atoms with E-state index in [1.165, 1.54) is 12.8 Å². The average molecular weight is 418 g/mol. The van der Waals surface area contributed by atoms with Gasteiger partial charge in [0, 0.05) is 27.1 Å². The van der Waals surface area contributed by atoms with Crippen LogP contribution in [-0.4, -0.2) is 36.5 Å². The number of hydrogen-bond donors (Lipinski definition) is 1. The second-order valence-corrected chi connectivity index (χ2v) is 7.75. The van der Waals surface area contributed by atoms with E-state index in [1.54, 1.807) is 0 Å². The molecule has 1 amide bonds. The number of benzene rings is 1. The molecule has 1 heterocycles. The Labute approximate surface area is 143 Å². The van der Waals surface area contributed by atoms with Crippen molar-refractivity contribution in [3.8, 4) is 0 Å². The van der Waals surface area contributed by atoms with E-state index in [0.717, 1.165) is 34.1 Å². The van der Waals surface area contributed by atoms with Gasteiger partial charge in [-0.3, -0.25) is 4.79 Å². The molecule has 1 saturated heterocycles. The highest BCUT2D eigenvalue weighted by atomic mass is 79.9. The van der Waals surface area contributed by atoms with Gasteiger partial charge in [0.15, 0.2) is 0 Å². The standard InChI is InChI=1S/C16H22Br2N2O/c1-11(2)20(10-12-4-3-5-19-9-12)16(21)13-6-14(17)8-15(18)7-13/h6-8,11-12,19H,3-5,9-10H2,1-2H3. The van der Waals surface area contributed by atoms with E-state index >= 15 is 0 Å². The molecule has 0 radical (unpaired) electrons. The molecule has 1 aromatic rings. The predicted octanol–water partition coefficient (Wildman–Crippen LogP) is 4.06. The van der Waals surface area contributed by atoms with Crippen molar-refractivity contribution in [1.29, 1.82) is 0 Å². The predicted molar refractivity (Wildman–Crippen MR) is 93.6 cm³/mol. The minimum absolute atomic E-state index is 0.109. The Balaban J connectivity index is 2.14. The molecule has 1 aliphatic rings. The van der Waals surface area contributed by atoms with Crippen LogP contribution in [0.15, 0.2) is 27.1 Å². The van der Waals surface area contributed by atoms with Crippen molar-refractivity contribution >= 4 is 37.8 Å². The summed E-state index contributed by atoms with van der Waals surface area (Å²) in [4.78, 5) is 14.8. The van der Waals surface area contributed by atoms with Crippen LogP contribution in [0, 0.1) is 5.92 Å². The first-order valence-electron chi connectivity index (χ1n) is 7.45. The average Bonchev–Trinajstić information content (AvgIpc) is 2.44. The van der Waals surface area contributed by atoms with E-state index in [2.05, 4.69) is 51.0 Å². The molecule has 2 rings (SSSR count). The highest BCUT2D eigenvalue weighted by molar-refractivity contribution is 9.11. The van der Waals surface area contributed by atoms with Crippen LogP contribution < -0.4 is 5.32 Å². The van der Waals surface area contributed by atoms with Gasteiger partial charge in [0.2, 0.25) is 0 Å². The zero-order valence-electron chi connectivity index (χ0n) is 12.5. The normalized spacial score (nSPS) is 18.8. The highest BCUT2D eigenvalue weighted by Gasteiger charge is 2.24. The molecule has 0 spiro atoms. The van der Waals surface area contributed by atoms with Crippen LogP contribution in [0.2, 0.25) is 0 Å². The number of piperidine rings is 1. The van der Waals surface area contributed by atoms with E-state index in [9.17, 15) is 4.79 Å². The van der Waals surface area contributed by atoms with Crippen LogP contribution in [0.1, 0.15) is 37.0 Å². The maximum atomic E-state index is 12.8. The Hall–Kier alpha value is -0.390. The number of nitrogens with one attached hydrogen (secondary N) is 1. The third-order valence-corrected chi connectivity index (χ3v) is 4.76. The van der Waals surface area contributed by atoms with Gasteiger partial charge in [-0.1, -0.05) is 31.9 Å². The molecule has 3 nitrogen and oxygen atoms in total. The summed E-state index contributed by atoms with van der Waals surface area (Å²) in [5.74, 6) is 0.665. The smallest absolute Gasteiger partial charge is 0.254 e. The third-order valence-electron chi connectivity index (χ3n) is 3.85. The van der Waals surface area contributed by atoms with Gasteiger partial charge in [-0.15, -0.1) is 0 Å². The molecule has 1 atom stereocenters. The van der Waals surface area contributed by atoms with Crippen molar-refractivity contribution in [2.45, 2.75) is 32.7 Å². The summed E-state index contributed by atoms with van der Waals surface area (Å²) in [5, 5.41) is 3.42. The van der Waals surface area contributed by atoms with Gasteiger partial charge < -0.3 is 10.2 Å². The van der Waals surface area contributed by atoms with Gasteiger partial charge in [-0.25, -0.2) is 0 Å². The molecule has 0 aromatic heterocycles. The number of amides is 1. The molecule has 1 fully saturated rings. The Morgan fingerprint density at radius 1 is 1.33 bits per heavy atom. The van der Waals surface area contributed by atoms with Gasteiger partial charge in [-0.2, -0.15) is 0 Å². The molecule has 5 heteroatoms. The maximum Gasteiger partial charge on any atom is 0.254 e. The largest absolute Gasteiger partial charge is 0.336 e. The van der Waals surface area contributed by atoms with Gasteiger partial charge in [-0.05, 0) is 63.9 Å². The summed E-state index contributed by atoms with van der Waals surface area (Å²) in [6.07, 6.45) is 2.40. The Morgan fingerprint density at radius 3 is 2.52 bits per heavy atom. The van der Waals surface area contributed by atoms with Crippen LogP contribution >= 0.6 is 31.9 Å². The first-order valence-corrected chi connectivity index (χ1v) is 9.03. The fraction of sp³-hybridized carbons (Fsp3) is 0.562. The van der Waals surface area contributed by atoms with Gasteiger partial charge in [0.05, 0.1) is 0 Å². The molecule has 0 aliphatic carbocycles. The van der Waals surface area contributed by atoms with E-state index in [4.69, 9.17) is 0 Å². The van der Waals surface area contributed by atoms with Crippen molar-refractivity contribution in [2.24, 2.45) is 5.92 Å². The topological polar surface area (TPSA) is 32.3 Å². The van der Waals surface area contributed by atoms with Crippen LogP contribution in [0.5, 0.6) is 0 Å². The summed E-state index contributed by atoms with van der Waals surface area (Å²) in [5.41, 5.74) is 0.730. The van der Waals surface area contributed by atoms with Crippen molar-refractivity contribution in [1.82, 2.24) is 10.2 Å². The van der Waals surface area contributed by atoms with E-state index in [1.807, 2.05) is 23.1 Å². The molecule has 1 aromatic carbocycles. The van der Waals surface area contributed by atoms with Crippen LogP contribution in [-0.2, 0) is 0 Å². The van der Waals surface area contributed by atoms with Crippen molar-refractivity contribution in [2.75, 3.05) is 19.6 Å². The molecular formula is C16H22Br2N2O. The first kappa shape index (κ1) is 17.0. The van der Waals surface area contributed by atoms with E-state index in [0.29, 0.717) is 5.92 Å². The molecule has 0 saturated carbocycles. The minimum atomic E-state index is 0.109. The molecule has 116 valence electrons. The molecule has 1 aliphatic heterocycles. The summed E-state index contributed by atoms with van der Waals surface area (Å²) in [7, 11) is 0. The molecule has 1 N–H and O–H groups in total. The minimum Gasteiger partial charge on any atom is -0.336 e. The van der Waals surface area contributed by atoms with Crippen molar-refractivity contribution < 1.29 is 4.79 Å². The Kier molecular flexibility index (Phi) is 6.26. The van der Waals surface area contributed by atoms with Crippen LogP contribution in [0.4, 0.5) is 0 Å². The third kappa shape index (κ3) is 4.80. The summed E-state index contributed by atoms with van der Waals surface area (Å²) in [6.45, 7) is 7.11. The summed E-state index contributed by atoms with van der Waals surface area (Å²) >= 11 is 6.91. The van der Waals surface area contributed by atoms with Crippen LogP contribution in [0.3, 0.4) is 0 Å². The fourth-order valence-electron chi connectivity index (χ4n) is 2.73. The lowest BCUT2D eigenvalue weighted by Crippen LogP contribution is -2.44. The van der Waals surface area contributed by atoms with Gasteiger partial charge in [0.25, 0.3) is 5.91 Å². The Morgan fingerprint density at radius 2 is 2.00 bits per heavy atom. The number of carbonyl (C=O) groups is 1. The molecule has 0 bridgehead atoms. The number of nitrogens with zero attached hydrogens (tertiary/aromatic N) is 1. The second kappa shape index (κ2) is 7.75. The van der Waals surface area contributed by atoms with Crippen molar-refractivity contribution in [3.05, 3.63) is 32.7 Å². The lowest BCUT2D eigenvalue weighted by atomic mass is 9.98. The van der Waals surface area contributed by atoms with Crippen LogP contribution in [0.25, 0.3) is 0 Å². The number of carbonyl (C=O) groups excluding carboxylic acids is 1. The summed E-state index contributed by atoms with van der Waals surface area (Å²) in [6, 6.07) is 5.93. The number of hydrogen-bond acceptors (Lipinski definition) is 2. The highest BCUT2D eigenvalue weighted by Crippen LogP contribution is 2.23. The molecule has 21 heavy (non-hydrogen) atoms. The lowest BCUT2D eigenvalue weighted by molar-refractivity contribution is 0.0660. The Bertz CT molecular complexity index is 479. The molecule has 1 unspecified atom stereocenters. The SMILES string of the molecule is CC(C)N(CC1CCCNC1)C(=O)c1cc(Br)cc(Br)c1. The number of halogens is 2. The van der Waals surface area contributed by atoms with Gasteiger partial charge >= 0.3 is 0 Å². The zero-order valence-corrected chi connectivity index (χ0v) is 15.7. The van der Waals surface area contributed by atoms with Gasteiger partial charge in [0.1, 0.15) is 0 Å². The van der Waals surface area contributed by atoms with E-state index in [-0.39, 0.29) is 11.9 Å². The maximum absolute atomic E-state index is 12.8. The molecular weight excluding hydrogens is 396 g/mol. The first-order chi connectivity index (χ1) is 9.97. The summed E-state index contributed by atoms with van der Waals surface area (Å²) < 4.78 is 1.84.